The fraction of sp³-hybridized carbons (Fsp3) is 0.417. The van der Waals surface area contributed by atoms with Gasteiger partial charge in [-0.25, -0.2) is 17.7 Å². The van der Waals surface area contributed by atoms with Gasteiger partial charge in [0.15, 0.2) is 5.13 Å². The molecular weight excluding hydrogens is 524 g/mol. The highest BCUT2D eigenvalue weighted by atomic mass is 35.5. The molecule has 1 saturated heterocycles. The number of halogens is 1. The second-order valence-corrected chi connectivity index (χ2v) is 11.6. The topological polar surface area (TPSA) is 92.3 Å². The van der Waals surface area contributed by atoms with Crippen LogP contribution in [0.5, 0.6) is 5.75 Å². The van der Waals surface area contributed by atoms with Gasteiger partial charge in [-0.15, -0.1) is 12.4 Å². The zero-order chi connectivity index (χ0) is 25.0. The minimum Gasteiger partial charge on any atom is -0.497 e. The van der Waals surface area contributed by atoms with Crippen LogP contribution in [0.15, 0.2) is 47.4 Å². The van der Waals surface area contributed by atoms with E-state index in [2.05, 4.69) is 4.90 Å². The number of amides is 1. The molecule has 0 saturated carbocycles. The minimum absolute atomic E-state index is 0. The number of ether oxygens (including phenoxy) is 2. The fourth-order valence-electron chi connectivity index (χ4n) is 3.83. The number of fused-ring (bicyclic) bond motifs is 1. The van der Waals surface area contributed by atoms with Crippen LogP contribution in [0.25, 0.3) is 10.2 Å². The van der Waals surface area contributed by atoms with E-state index in [1.54, 1.807) is 24.1 Å². The molecule has 3 aromatic rings. The Morgan fingerprint density at radius 3 is 2.47 bits per heavy atom. The normalized spacial score (nSPS) is 14.6. The van der Waals surface area contributed by atoms with E-state index < -0.39 is 10.0 Å². The Morgan fingerprint density at radius 2 is 1.83 bits per heavy atom. The number of rotatable bonds is 9. The van der Waals surface area contributed by atoms with Gasteiger partial charge in [0.2, 0.25) is 10.0 Å². The van der Waals surface area contributed by atoms with Crippen molar-refractivity contribution in [1.29, 1.82) is 0 Å². The SMILES string of the molecule is COc1ccc2sc(N(CCCN3CCOCC3)C(=O)c3ccc(S(=O)(=O)N(C)C)cc3)nc2c1.Cl. The van der Waals surface area contributed by atoms with Crippen molar-refractivity contribution in [3.63, 3.8) is 0 Å². The highest BCUT2D eigenvalue weighted by Gasteiger charge is 2.23. The third-order valence-electron chi connectivity index (χ3n) is 5.90. The molecule has 0 bridgehead atoms. The summed E-state index contributed by atoms with van der Waals surface area (Å²) in [5, 5.41) is 0.602. The third kappa shape index (κ3) is 6.34. The summed E-state index contributed by atoms with van der Waals surface area (Å²) in [6, 6.07) is 11.7. The average Bonchev–Trinajstić information content (AvgIpc) is 3.29. The van der Waals surface area contributed by atoms with Gasteiger partial charge in [0.05, 0.1) is 35.4 Å². The van der Waals surface area contributed by atoms with Crippen LogP contribution in [0.4, 0.5) is 5.13 Å². The van der Waals surface area contributed by atoms with Crippen molar-refractivity contribution in [2.45, 2.75) is 11.3 Å². The lowest BCUT2D eigenvalue weighted by Gasteiger charge is -2.27. The van der Waals surface area contributed by atoms with E-state index in [1.807, 2.05) is 18.2 Å². The Labute approximate surface area is 222 Å². The summed E-state index contributed by atoms with van der Waals surface area (Å²) in [5.41, 5.74) is 1.17. The molecule has 1 aromatic heterocycles. The number of nitrogens with zero attached hydrogens (tertiary/aromatic N) is 4. The molecule has 0 aliphatic carbocycles. The number of aromatic nitrogens is 1. The largest absolute Gasteiger partial charge is 0.497 e. The van der Waals surface area contributed by atoms with Crippen molar-refractivity contribution in [3.05, 3.63) is 48.0 Å². The van der Waals surface area contributed by atoms with E-state index in [9.17, 15) is 13.2 Å². The number of benzene rings is 2. The van der Waals surface area contributed by atoms with Gasteiger partial charge in [-0.1, -0.05) is 11.3 Å². The van der Waals surface area contributed by atoms with E-state index in [0.29, 0.717) is 23.0 Å². The van der Waals surface area contributed by atoms with Crippen molar-refractivity contribution in [1.82, 2.24) is 14.2 Å². The van der Waals surface area contributed by atoms with E-state index in [-0.39, 0.29) is 23.2 Å². The maximum absolute atomic E-state index is 13.6. The van der Waals surface area contributed by atoms with Crippen LogP contribution in [-0.4, -0.2) is 89.1 Å². The molecule has 1 fully saturated rings. The first-order valence-corrected chi connectivity index (χ1v) is 13.6. The zero-order valence-corrected chi connectivity index (χ0v) is 23.0. The molecule has 1 aliphatic rings. The molecule has 36 heavy (non-hydrogen) atoms. The van der Waals surface area contributed by atoms with Crippen molar-refractivity contribution in [2.24, 2.45) is 0 Å². The van der Waals surface area contributed by atoms with Gasteiger partial charge in [0, 0.05) is 51.9 Å². The zero-order valence-electron chi connectivity index (χ0n) is 20.5. The first-order chi connectivity index (χ1) is 16.8. The summed E-state index contributed by atoms with van der Waals surface area (Å²) in [6.45, 7) is 4.57. The number of morpholine rings is 1. The molecule has 0 radical (unpaired) electrons. The molecule has 4 rings (SSSR count). The molecule has 2 aromatic carbocycles. The smallest absolute Gasteiger partial charge is 0.260 e. The van der Waals surface area contributed by atoms with Crippen LogP contribution < -0.4 is 9.64 Å². The lowest BCUT2D eigenvalue weighted by molar-refractivity contribution is 0.0376. The van der Waals surface area contributed by atoms with Gasteiger partial charge in [0.1, 0.15) is 5.75 Å². The van der Waals surface area contributed by atoms with Gasteiger partial charge >= 0.3 is 0 Å². The summed E-state index contributed by atoms with van der Waals surface area (Å²) in [6.07, 6.45) is 0.776. The number of hydrogen-bond acceptors (Lipinski definition) is 8. The average molecular weight is 555 g/mol. The Bertz CT molecular complexity index is 1280. The Kier molecular flexibility index (Phi) is 9.67. The standard InChI is InChI=1S/C24H30N4O5S2.ClH/c1-26(2)35(30,31)20-8-5-18(6-9-20)23(29)28(12-4-11-27-13-15-33-16-14-27)24-25-21-17-19(32-3)7-10-22(21)34-24;/h5-10,17H,4,11-16H2,1-3H3;1H. The molecule has 2 heterocycles. The molecular formula is C24H31ClN4O5S2. The highest BCUT2D eigenvalue weighted by Crippen LogP contribution is 2.32. The second kappa shape index (κ2) is 12.3. The molecule has 0 atom stereocenters. The number of methoxy groups -OCH3 is 1. The van der Waals surface area contributed by atoms with Crippen LogP contribution in [0, 0.1) is 0 Å². The van der Waals surface area contributed by atoms with Gasteiger partial charge < -0.3 is 9.47 Å². The number of hydrogen-bond donors (Lipinski definition) is 0. The first kappa shape index (κ1) is 28.3. The highest BCUT2D eigenvalue weighted by molar-refractivity contribution is 7.89. The summed E-state index contributed by atoms with van der Waals surface area (Å²) < 4.78 is 37.7. The number of carbonyl (C=O) groups is 1. The Balaban J connectivity index is 0.00000361. The maximum Gasteiger partial charge on any atom is 0.260 e. The van der Waals surface area contributed by atoms with Gasteiger partial charge in [-0.05, 0) is 42.8 Å². The molecule has 1 aliphatic heterocycles. The van der Waals surface area contributed by atoms with Crippen molar-refractivity contribution in [2.75, 3.05) is 65.5 Å². The van der Waals surface area contributed by atoms with Crippen LogP contribution in [0.2, 0.25) is 0 Å². The molecule has 12 heteroatoms. The number of anilines is 1. The third-order valence-corrected chi connectivity index (χ3v) is 8.79. The molecule has 196 valence electrons. The van der Waals surface area contributed by atoms with Crippen LogP contribution >= 0.6 is 23.7 Å². The van der Waals surface area contributed by atoms with Crippen molar-refractivity contribution < 1.29 is 22.7 Å². The van der Waals surface area contributed by atoms with Crippen molar-refractivity contribution >= 4 is 55.0 Å². The van der Waals surface area contributed by atoms with Gasteiger partial charge in [-0.3, -0.25) is 14.6 Å². The second-order valence-electron chi connectivity index (χ2n) is 8.41. The quantitative estimate of drug-likeness (QED) is 0.400. The van der Waals surface area contributed by atoms with Crippen LogP contribution in [-0.2, 0) is 14.8 Å². The predicted molar refractivity (Wildman–Crippen MR) is 144 cm³/mol. The summed E-state index contributed by atoms with van der Waals surface area (Å²) in [7, 11) is 0.993. The maximum atomic E-state index is 13.6. The molecule has 0 unspecified atom stereocenters. The van der Waals surface area contributed by atoms with Crippen molar-refractivity contribution in [3.8, 4) is 5.75 Å². The van der Waals surface area contributed by atoms with Crippen LogP contribution in [0.3, 0.4) is 0 Å². The van der Waals surface area contributed by atoms with E-state index in [0.717, 1.165) is 53.8 Å². The predicted octanol–water partition coefficient (Wildman–Crippen LogP) is 3.35. The first-order valence-electron chi connectivity index (χ1n) is 11.4. The number of carbonyl (C=O) groups excluding carboxylic acids is 1. The minimum atomic E-state index is -3.57. The number of thiazole rings is 1. The molecule has 0 N–H and O–H groups in total. The monoisotopic (exact) mass is 554 g/mol. The van der Waals surface area contributed by atoms with E-state index >= 15 is 0 Å². The van der Waals surface area contributed by atoms with E-state index in [4.69, 9.17) is 14.5 Å². The van der Waals surface area contributed by atoms with Crippen LogP contribution in [0.1, 0.15) is 16.8 Å². The summed E-state index contributed by atoms with van der Waals surface area (Å²) in [5.74, 6) is 0.490. The molecule has 0 spiro atoms. The van der Waals surface area contributed by atoms with E-state index in [1.165, 1.54) is 37.6 Å². The summed E-state index contributed by atoms with van der Waals surface area (Å²) in [4.78, 5) is 22.5. The lowest BCUT2D eigenvalue weighted by atomic mass is 10.2. The Morgan fingerprint density at radius 1 is 1.14 bits per heavy atom. The van der Waals surface area contributed by atoms with Gasteiger partial charge in [0.25, 0.3) is 5.91 Å². The summed E-state index contributed by atoms with van der Waals surface area (Å²) >= 11 is 1.45. The number of sulfonamides is 1. The lowest BCUT2D eigenvalue weighted by Crippen LogP contribution is -2.39. The Hall–Kier alpha value is -2.28. The molecule has 9 nitrogen and oxygen atoms in total. The van der Waals surface area contributed by atoms with Gasteiger partial charge in [-0.2, -0.15) is 0 Å². The fourth-order valence-corrected chi connectivity index (χ4v) is 5.71. The molecule has 1 amide bonds.